The molecule has 0 radical (unpaired) electrons. The average molecular weight is 454 g/mol. The Balaban J connectivity index is 2.43. The molecule has 1 aromatic rings. The summed E-state index contributed by atoms with van der Waals surface area (Å²) in [6.07, 6.45) is -4.35. The number of hydrogen-bond acceptors (Lipinski definition) is 10. The quantitative estimate of drug-likeness (QED) is 0.448. The minimum Gasteiger partial charge on any atom is -0.463 e. The summed E-state index contributed by atoms with van der Waals surface area (Å²) in [4.78, 5) is 47.5. The Hall–Kier alpha value is -2.59. The lowest BCUT2D eigenvalue weighted by Gasteiger charge is -2.44. The number of esters is 4. The molecule has 1 fully saturated rings. The fourth-order valence-electron chi connectivity index (χ4n) is 3.03. The van der Waals surface area contributed by atoms with Gasteiger partial charge in [-0.15, -0.1) is 0 Å². The molecule has 0 unspecified atom stereocenters. The van der Waals surface area contributed by atoms with Crippen molar-refractivity contribution in [3.63, 3.8) is 0 Å². The molecule has 1 aliphatic heterocycles. The number of hydrogen-bond donors (Lipinski definition) is 0. The first-order chi connectivity index (χ1) is 14.6. The highest BCUT2D eigenvalue weighted by Gasteiger charge is 2.52. The van der Waals surface area contributed by atoms with Gasteiger partial charge in [-0.1, -0.05) is 29.5 Å². The number of benzene rings is 1. The van der Waals surface area contributed by atoms with Crippen molar-refractivity contribution in [2.45, 2.75) is 69.4 Å². The van der Waals surface area contributed by atoms with Crippen LogP contribution in [-0.4, -0.2) is 60.3 Å². The zero-order chi connectivity index (χ0) is 23.1. The number of ether oxygens (including phenoxy) is 5. The summed E-state index contributed by atoms with van der Waals surface area (Å²) in [5, 5.41) is 0. The van der Waals surface area contributed by atoms with Crippen LogP contribution in [0.5, 0.6) is 0 Å². The number of aryl methyl sites for hydroxylation is 1. The van der Waals surface area contributed by atoms with Gasteiger partial charge in [-0.3, -0.25) is 19.2 Å². The molecule has 0 aromatic heterocycles. The van der Waals surface area contributed by atoms with E-state index in [2.05, 4.69) is 0 Å². The highest BCUT2D eigenvalue weighted by atomic mass is 32.2. The number of carbonyl (C=O) groups excluding carboxylic acids is 4. The van der Waals surface area contributed by atoms with Crippen molar-refractivity contribution < 1.29 is 42.9 Å². The van der Waals surface area contributed by atoms with Crippen LogP contribution in [0, 0.1) is 6.92 Å². The summed E-state index contributed by atoms with van der Waals surface area (Å²) in [6.45, 7) is 6.51. The highest BCUT2D eigenvalue weighted by Crippen LogP contribution is 2.37. The van der Waals surface area contributed by atoms with Crippen molar-refractivity contribution in [2.24, 2.45) is 0 Å². The first kappa shape index (κ1) is 24.7. The van der Waals surface area contributed by atoms with E-state index >= 15 is 0 Å². The van der Waals surface area contributed by atoms with E-state index in [0.29, 0.717) is 0 Å². The van der Waals surface area contributed by atoms with Crippen LogP contribution in [0.4, 0.5) is 0 Å². The van der Waals surface area contributed by atoms with Gasteiger partial charge in [0.25, 0.3) is 0 Å². The molecular weight excluding hydrogens is 428 g/mol. The Kier molecular flexibility index (Phi) is 8.88. The molecule has 2 rings (SSSR count). The van der Waals surface area contributed by atoms with Gasteiger partial charge < -0.3 is 23.7 Å². The normalized spacial score (nSPS) is 25.3. The van der Waals surface area contributed by atoms with E-state index in [1.54, 1.807) is 0 Å². The number of rotatable bonds is 7. The smallest absolute Gasteiger partial charge is 0.303 e. The molecule has 5 atom stereocenters. The van der Waals surface area contributed by atoms with Gasteiger partial charge in [0.2, 0.25) is 0 Å². The third kappa shape index (κ3) is 7.55. The van der Waals surface area contributed by atoms with Crippen molar-refractivity contribution >= 4 is 35.6 Å². The first-order valence-electron chi connectivity index (χ1n) is 9.60. The lowest BCUT2D eigenvalue weighted by atomic mass is 9.99. The number of carbonyl (C=O) groups is 4. The van der Waals surface area contributed by atoms with Crippen LogP contribution < -0.4 is 0 Å². The molecule has 170 valence electrons. The minimum atomic E-state index is -1.16. The van der Waals surface area contributed by atoms with E-state index in [0.717, 1.165) is 10.5 Å². The molecule has 1 heterocycles. The van der Waals surface area contributed by atoms with Crippen molar-refractivity contribution in [2.75, 3.05) is 6.61 Å². The second kappa shape index (κ2) is 11.1. The van der Waals surface area contributed by atoms with Gasteiger partial charge >= 0.3 is 23.9 Å². The summed E-state index contributed by atoms with van der Waals surface area (Å²) in [5.74, 6) is -2.50. The second-order valence-corrected chi connectivity index (χ2v) is 8.17. The first-order valence-corrected chi connectivity index (χ1v) is 10.5. The lowest BCUT2D eigenvalue weighted by molar-refractivity contribution is -0.237. The van der Waals surface area contributed by atoms with Crippen LogP contribution in [-0.2, 0) is 42.9 Å². The molecule has 1 aromatic carbocycles. The third-order valence-electron chi connectivity index (χ3n) is 4.22. The Morgan fingerprint density at radius 1 is 0.806 bits per heavy atom. The van der Waals surface area contributed by atoms with E-state index < -0.39 is 53.7 Å². The molecule has 0 spiro atoms. The van der Waals surface area contributed by atoms with Gasteiger partial charge in [0.05, 0.1) is 0 Å². The van der Waals surface area contributed by atoms with Gasteiger partial charge in [-0.25, -0.2) is 0 Å². The highest BCUT2D eigenvalue weighted by molar-refractivity contribution is 7.99. The summed E-state index contributed by atoms with van der Waals surface area (Å²) >= 11 is 1.24. The molecule has 0 amide bonds. The maximum Gasteiger partial charge on any atom is 0.303 e. The fraction of sp³-hybridized carbons (Fsp3) is 0.524. The van der Waals surface area contributed by atoms with E-state index in [-0.39, 0.29) is 6.61 Å². The summed E-state index contributed by atoms with van der Waals surface area (Å²) < 4.78 is 27.3. The Labute approximate surface area is 184 Å². The molecule has 0 aliphatic carbocycles. The van der Waals surface area contributed by atoms with Crippen molar-refractivity contribution in [1.82, 2.24) is 0 Å². The van der Waals surface area contributed by atoms with Gasteiger partial charge in [-0.2, -0.15) is 0 Å². The van der Waals surface area contributed by atoms with Crippen LogP contribution in [0.15, 0.2) is 29.2 Å². The molecule has 0 bridgehead atoms. The summed E-state index contributed by atoms with van der Waals surface area (Å²) in [7, 11) is 0. The molecule has 0 saturated carbocycles. The second-order valence-electron chi connectivity index (χ2n) is 7.00. The molecule has 10 heteroatoms. The van der Waals surface area contributed by atoms with Gasteiger partial charge in [-0.05, 0) is 19.1 Å². The van der Waals surface area contributed by atoms with Crippen LogP contribution in [0.1, 0.15) is 33.3 Å². The molecule has 31 heavy (non-hydrogen) atoms. The van der Waals surface area contributed by atoms with E-state index in [4.69, 9.17) is 23.7 Å². The minimum absolute atomic E-state index is 0.247. The van der Waals surface area contributed by atoms with Crippen molar-refractivity contribution in [3.8, 4) is 0 Å². The monoisotopic (exact) mass is 454 g/mol. The molecule has 1 saturated heterocycles. The zero-order valence-corrected chi connectivity index (χ0v) is 18.8. The van der Waals surface area contributed by atoms with Gasteiger partial charge in [0.15, 0.2) is 18.3 Å². The maximum absolute atomic E-state index is 11.8. The SMILES string of the molecule is CC(=O)OC[C@H]1O[C@@H](Sc2ccc(C)cc2)[C@H](OC(C)=O)[C@@H](OC(C)=O)[C@H]1OC(C)=O. The van der Waals surface area contributed by atoms with Crippen molar-refractivity contribution in [3.05, 3.63) is 29.8 Å². The molecule has 0 N–H and O–H groups in total. The van der Waals surface area contributed by atoms with Crippen molar-refractivity contribution in [1.29, 1.82) is 0 Å². The van der Waals surface area contributed by atoms with Gasteiger partial charge in [0.1, 0.15) is 18.1 Å². The Morgan fingerprint density at radius 2 is 1.32 bits per heavy atom. The zero-order valence-electron chi connectivity index (χ0n) is 18.0. The van der Waals surface area contributed by atoms with Crippen LogP contribution in [0.3, 0.4) is 0 Å². The van der Waals surface area contributed by atoms with Gasteiger partial charge in [0, 0.05) is 32.6 Å². The topological polar surface area (TPSA) is 114 Å². The summed E-state index contributed by atoms with van der Waals surface area (Å²) in [6, 6.07) is 7.56. The average Bonchev–Trinajstić information content (AvgIpc) is 2.65. The predicted octanol–water partition coefficient (Wildman–Crippen LogP) is 2.17. The Bertz CT molecular complexity index is 808. The van der Waals surface area contributed by atoms with Crippen LogP contribution in [0.25, 0.3) is 0 Å². The maximum atomic E-state index is 11.8. The third-order valence-corrected chi connectivity index (χ3v) is 5.38. The largest absolute Gasteiger partial charge is 0.463 e. The fourth-order valence-corrected chi connectivity index (χ4v) is 4.14. The molecule has 9 nitrogen and oxygen atoms in total. The Morgan fingerprint density at radius 3 is 1.84 bits per heavy atom. The number of thioether (sulfide) groups is 1. The van der Waals surface area contributed by atoms with E-state index in [9.17, 15) is 19.2 Å². The van der Waals surface area contributed by atoms with Crippen LogP contribution in [0.2, 0.25) is 0 Å². The van der Waals surface area contributed by atoms with E-state index in [1.165, 1.54) is 39.5 Å². The summed E-state index contributed by atoms with van der Waals surface area (Å²) in [5.41, 5.74) is 0.231. The predicted molar refractivity (Wildman–Crippen MR) is 109 cm³/mol. The standard InChI is InChI=1S/C21H26O9S/c1-11-6-8-16(9-7-11)31-21-20(29-15(5)25)19(28-14(4)24)18(27-13(3)23)17(30-21)10-26-12(2)22/h6-9,17-21H,10H2,1-5H3/t17-,18+,19+,20-,21+/m1/s1. The molecule has 1 aliphatic rings. The van der Waals surface area contributed by atoms with Crippen LogP contribution >= 0.6 is 11.8 Å². The molecular formula is C21H26O9S. The van der Waals surface area contributed by atoms with E-state index in [1.807, 2.05) is 31.2 Å². The lowest BCUT2D eigenvalue weighted by Crippen LogP contribution is -2.61.